The third-order valence-electron chi connectivity index (χ3n) is 16.5. The number of pyridine rings is 2. The van der Waals surface area contributed by atoms with E-state index in [4.69, 9.17) is 30.8 Å². The Kier molecular flexibility index (Phi) is 12.4. The molecule has 0 spiro atoms. The second-order valence-electron chi connectivity index (χ2n) is 21.9. The number of aromatic nitrogens is 4. The maximum absolute atomic E-state index is 17.2. The molecule has 4 saturated heterocycles. The SMILES string of the molecule is C#Cc1c(F)ccc2cc(O)cc(-c3ncc4c(N5CC6CCC(C5)N6)nc(OCC5(CN6CCC(N7CCC(Oc8ccc9c(n8)CN(C(=O)c8cc(C(C)C)c(O)cc8O)C9)CC7)CC6)CC5)nc4c3F)c12. The van der Waals surface area contributed by atoms with Crippen LogP contribution in [0.2, 0.25) is 0 Å². The van der Waals surface area contributed by atoms with Crippen molar-refractivity contribution in [3.63, 3.8) is 0 Å². The normalized spacial score (nSPS) is 21.1. The first kappa shape index (κ1) is 48.1. The van der Waals surface area contributed by atoms with E-state index in [0.717, 1.165) is 95.3 Å². The molecule has 17 heteroatoms. The van der Waals surface area contributed by atoms with E-state index in [0.29, 0.717) is 78.9 Å². The number of carbonyl (C=O) groups excluding carboxylic acids is 1. The summed E-state index contributed by atoms with van der Waals surface area (Å²) in [5.74, 6) is 1.47. The van der Waals surface area contributed by atoms with Crippen molar-refractivity contribution in [3.8, 4) is 52.7 Å². The highest BCUT2D eigenvalue weighted by atomic mass is 19.1. The van der Waals surface area contributed by atoms with E-state index < -0.39 is 11.6 Å². The number of phenols is 3. The van der Waals surface area contributed by atoms with Gasteiger partial charge in [0.1, 0.15) is 46.2 Å². The summed E-state index contributed by atoms with van der Waals surface area (Å²) in [4.78, 5) is 41.6. The third-order valence-corrected chi connectivity index (χ3v) is 16.5. The molecule has 6 aliphatic rings. The van der Waals surface area contributed by atoms with E-state index in [9.17, 15) is 20.1 Å². The predicted octanol–water partition coefficient (Wildman–Crippen LogP) is 8.00. The molecule has 4 N–H and O–H groups in total. The Hall–Kier alpha value is -6.87. The second kappa shape index (κ2) is 19.1. The summed E-state index contributed by atoms with van der Waals surface area (Å²) in [7, 11) is 0. The number of terminal acetylenes is 1. The number of hydrogen-bond donors (Lipinski definition) is 4. The van der Waals surface area contributed by atoms with Crippen LogP contribution in [0.15, 0.2) is 54.7 Å². The Bertz CT molecular complexity index is 3230. The van der Waals surface area contributed by atoms with Crippen LogP contribution < -0.4 is 19.7 Å². The highest BCUT2D eigenvalue weighted by Gasteiger charge is 2.46. The average Bonchev–Trinajstić information content (AvgIpc) is 3.90. The Morgan fingerprint density at radius 2 is 1.68 bits per heavy atom. The lowest BCUT2D eigenvalue weighted by atomic mass is 9.96. The zero-order chi connectivity index (χ0) is 51.0. The minimum Gasteiger partial charge on any atom is -0.508 e. The van der Waals surface area contributed by atoms with Crippen LogP contribution >= 0.6 is 0 Å². The highest BCUT2D eigenvalue weighted by Crippen LogP contribution is 2.47. The largest absolute Gasteiger partial charge is 0.508 e. The van der Waals surface area contributed by atoms with Gasteiger partial charge in [-0.05, 0) is 117 Å². The van der Waals surface area contributed by atoms with Gasteiger partial charge in [0.05, 0.1) is 35.4 Å². The van der Waals surface area contributed by atoms with Crippen LogP contribution in [0.4, 0.5) is 14.6 Å². The fourth-order valence-electron chi connectivity index (χ4n) is 12.3. The van der Waals surface area contributed by atoms with Gasteiger partial charge in [-0.15, -0.1) is 6.42 Å². The molecule has 5 fully saturated rings. The van der Waals surface area contributed by atoms with Gasteiger partial charge >= 0.3 is 6.01 Å². The van der Waals surface area contributed by atoms with Gasteiger partial charge < -0.3 is 49.7 Å². The number of hydrogen-bond acceptors (Lipinski definition) is 14. The van der Waals surface area contributed by atoms with Crippen molar-refractivity contribution in [3.05, 3.63) is 94.3 Å². The standard InChI is InChI=1S/C57H61F2N9O6/c1-4-40-45(58)9-5-33-21-38(69)22-43(50(33)40)52-51(59)53-44(25-60-52)54(67-27-35-7-8-36(28-67)61-35)64-56(63-53)73-31-57(15-16-57)30-65-17-11-37(12-18-65)66-19-13-39(14-20-66)74-49-10-6-34-26-68(29-46(34)62-49)55(72)42-23-41(32(2)3)47(70)24-48(42)71/h1,5-6,9-10,21-25,32,35-37,39,61,69-71H,7-8,11-20,26-31H2,2-3H3. The summed E-state index contributed by atoms with van der Waals surface area (Å²) < 4.78 is 45.2. The monoisotopic (exact) mass is 1010 g/mol. The molecule has 1 saturated carbocycles. The topological polar surface area (TPSA) is 173 Å². The van der Waals surface area contributed by atoms with Crippen molar-refractivity contribution in [2.75, 3.05) is 57.3 Å². The van der Waals surface area contributed by atoms with E-state index in [2.05, 4.69) is 30.9 Å². The summed E-state index contributed by atoms with van der Waals surface area (Å²) in [6.45, 7) is 11.1. The van der Waals surface area contributed by atoms with Crippen LogP contribution in [0.5, 0.6) is 29.1 Å². The molecule has 15 nitrogen and oxygen atoms in total. The third kappa shape index (κ3) is 9.15. The minimum absolute atomic E-state index is 0.0124. The van der Waals surface area contributed by atoms with Crippen LogP contribution in [-0.2, 0) is 13.1 Å². The number of anilines is 1. The number of carbonyl (C=O) groups is 1. The average molecular weight is 1010 g/mol. The number of likely N-dealkylation sites (tertiary alicyclic amines) is 2. The summed E-state index contributed by atoms with van der Waals surface area (Å²) in [6, 6.07) is 13.4. The second-order valence-corrected chi connectivity index (χ2v) is 21.9. The quantitative estimate of drug-likeness (QED) is 0.0869. The number of nitrogens with zero attached hydrogens (tertiary/aromatic N) is 8. The van der Waals surface area contributed by atoms with E-state index in [1.807, 2.05) is 26.0 Å². The number of piperazine rings is 1. The van der Waals surface area contributed by atoms with Crippen LogP contribution in [0.25, 0.3) is 32.9 Å². The molecule has 3 aromatic heterocycles. The molecule has 1 amide bonds. The van der Waals surface area contributed by atoms with Gasteiger partial charge in [-0.25, -0.2) is 13.8 Å². The summed E-state index contributed by atoms with van der Waals surface area (Å²) in [5.41, 5.74) is 2.52. The Morgan fingerprint density at radius 3 is 2.41 bits per heavy atom. The van der Waals surface area contributed by atoms with Crippen LogP contribution in [-0.4, -0.2) is 133 Å². The highest BCUT2D eigenvalue weighted by molar-refractivity contribution is 6.03. The summed E-state index contributed by atoms with van der Waals surface area (Å²) in [6.07, 6.45) is 15.5. The molecular formula is C57H61F2N9O6. The van der Waals surface area contributed by atoms with Crippen molar-refractivity contribution in [2.24, 2.45) is 5.41 Å². The number of phenolic OH excluding ortho intramolecular Hbond substituents is 3. The number of amides is 1. The van der Waals surface area contributed by atoms with Crippen molar-refractivity contribution in [1.29, 1.82) is 0 Å². The van der Waals surface area contributed by atoms with E-state index in [1.54, 1.807) is 17.2 Å². The molecule has 0 radical (unpaired) electrons. The van der Waals surface area contributed by atoms with Crippen LogP contribution in [0, 0.1) is 29.4 Å². The zero-order valence-corrected chi connectivity index (χ0v) is 41.8. The van der Waals surface area contributed by atoms with Gasteiger partial charge in [0.25, 0.3) is 5.91 Å². The molecular weight excluding hydrogens is 945 g/mol. The lowest BCUT2D eigenvalue weighted by Gasteiger charge is -2.42. The fourth-order valence-corrected chi connectivity index (χ4v) is 12.3. The Labute approximate surface area is 428 Å². The Morgan fingerprint density at radius 1 is 0.905 bits per heavy atom. The van der Waals surface area contributed by atoms with Gasteiger partial charge in [0.2, 0.25) is 5.88 Å². The molecule has 2 unspecified atom stereocenters. The van der Waals surface area contributed by atoms with Crippen molar-refractivity contribution < 1.29 is 38.4 Å². The molecule has 74 heavy (non-hydrogen) atoms. The Balaban J connectivity index is 0.670. The molecule has 8 heterocycles. The van der Waals surface area contributed by atoms with Crippen LogP contribution in [0.3, 0.4) is 0 Å². The molecule has 2 atom stereocenters. The summed E-state index contributed by atoms with van der Waals surface area (Å²) in [5, 5.41) is 36.4. The number of piperidine rings is 2. The number of aromatic hydroxyl groups is 3. The minimum atomic E-state index is -0.732. The number of ether oxygens (including phenoxy) is 2. The molecule has 6 aromatic rings. The molecule has 384 valence electrons. The lowest BCUT2D eigenvalue weighted by Crippen LogP contribution is -2.51. The number of benzene rings is 3. The van der Waals surface area contributed by atoms with Crippen molar-refractivity contribution in [1.82, 2.24) is 40.0 Å². The molecule has 12 rings (SSSR count). The molecule has 1 aliphatic carbocycles. The fraction of sp³-hybridized carbons (Fsp3) is 0.456. The van der Waals surface area contributed by atoms with E-state index in [-0.39, 0.29) is 79.9 Å². The first-order chi connectivity index (χ1) is 35.8. The molecule has 2 bridgehead atoms. The first-order valence-electron chi connectivity index (χ1n) is 26.2. The van der Waals surface area contributed by atoms with E-state index in [1.165, 1.54) is 30.3 Å². The molecule has 3 aromatic carbocycles. The van der Waals surface area contributed by atoms with Gasteiger partial charge in [0, 0.05) is 92.1 Å². The zero-order valence-electron chi connectivity index (χ0n) is 41.8. The number of fused-ring (bicyclic) bond motifs is 5. The van der Waals surface area contributed by atoms with Gasteiger partial charge in [0.15, 0.2) is 5.82 Å². The van der Waals surface area contributed by atoms with Gasteiger partial charge in [-0.1, -0.05) is 25.8 Å². The molecule has 5 aliphatic heterocycles. The number of halogens is 2. The smallest absolute Gasteiger partial charge is 0.319 e. The predicted molar refractivity (Wildman–Crippen MR) is 275 cm³/mol. The maximum atomic E-state index is 17.2. The van der Waals surface area contributed by atoms with Gasteiger partial charge in [-0.2, -0.15) is 9.97 Å². The van der Waals surface area contributed by atoms with E-state index >= 15 is 8.78 Å². The number of rotatable bonds is 12. The van der Waals surface area contributed by atoms with Crippen LogP contribution in [0.1, 0.15) is 104 Å². The van der Waals surface area contributed by atoms with Gasteiger partial charge in [-0.3, -0.25) is 9.78 Å². The summed E-state index contributed by atoms with van der Waals surface area (Å²) >= 11 is 0. The number of nitrogens with one attached hydrogen (secondary N) is 1. The van der Waals surface area contributed by atoms with Crippen molar-refractivity contribution >= 4 is 33.4 Å². The van der Waals surface area contributed by atoms with Crippen molar-refractivity contribution in [2.45, 2.75) is 108 Å². The lowest BCUT2D eigenvalue weighted by molar-refractivity contribution is 0.0405. The first-order valence-corrected chi connectivity index (χ1v) is 26.2. The maximum Gasteiger partial charge on any atom is 0.319 e.